The molecule has 0 atom stereocenters. The maximum absolute atomic E-state index is 12.3. The van der Waals surface area contributed by atoms with Crippen LogP contribution in [0.3, 0.4) is 0 Å². The molecule has 0 bridgehead atoms. The van der Waals surface area contributed by atoms with Gasteiger partial charge in [0, 0.05) is 24.7 Å². The van der Waals surface area contributed by atoms with Crippen LogP contribution in [0, 0.1) is 17.3 Å². The van der Waals surface area contributed by atoms with Crippen molar-refractivity contribution in [1.82, 2.24) is 4.90 Å². The molecular weight excluding hydrogens is 272 g/mol. The third kappa shape index (κ3) is 4.88. The number of benzene rings is 1. The number of hydrogen-bond donors (Lipinski definition) is 1. The van der Waals surface area contributed by atoms with Gasteiger partial charge in [-0.1, -0.05) is 44.2 Å². The molecule has 1 rings (SSSR count). The van der Waals surface area contributed by atoms with Crippen molar-refractivity contribution >= 4 is 17.5 Å². The SMILES string of the molecule is CN(CC(C)(C)C)C(=O)c1ccc(C#CCN)c(Cl)c1. The molecule has 0 spiro atoms. The molecule has 20 heavy (non-hydrogen) atoms. The van der Waals surface area contributed by atoms with Gasteiger partial charge in [-0.05, 0) is 23.6 Å². The average molecular weight is 293 g/mol. The van der Waals surface area contributed by atoms with Crippen LogP contribution >= 0.6 is 11.6 Å². The van der Waals surface area contributed by atoms with E-state index in [4.69, 9.17) is 17.3 Å². The number of carbonyl (C=O) groups excluding carboxylic acids is 1. The van der Waals surface area contributed by atoms with E-state index < -0.39 is 0 Å². The van der Waals surface area contributed by atoms with Gasteiger partial charge in [-0.2, -0.15) is 0 Å². The molecule has 0 aliphatic heterocycles. The number of nitrogens with zero attached hydrogens (tertiary/aromatic N) is 1. The Balaban J connectivity index is 2.92. The zero-order chi connectivity index (χ0) is 15.3. The molecule has 1 aromatic carbocycles. The van der Waals surface area contributed by atoms with Gasteiger partial charge in [0.05, 0.1) is 11.6 Å². The molecule has 0 aliphatic carbocycles. The molecule has 0 saturated carbocycles. The Hall–Kier alpha value is -1.50. The van der Waals surface area contributed by atoms with Crippen molar-refractivity contribution in [3.63, 3.8) is 0 Å². The molecule has 0 aliphatic rings. The highest BCUT2D eigenvalue weighted by Gasteiger charge is 2.19. The quantitative estimate of drug-likeness (QED) is 0.852. The zero-order valence-electron chi connectivity index (χ0n) is 12.5. The van der Waals surface area contributed by atoms with Gasteiger partial charge in [-0.15, -0.1) is 0 Å². The summed E-state index contributed by atoms with van der Waals surface area (Å²) >= 11 is 6.13. The summed E-state index contributed by atoms with van der Waals surface area (Å²) in [5.41, 5.74) is 6.64. The predicted molar refractivity (Wildman–Crippen MR) is 83.8 cm³/mol. The van der Waals surface area contributed by atoms with Crippen LogP contribution in [0.25, 0.3) is 0 Å². The zero-order valence-corrected chi connectivity index (χ0v) is 13.2. The summed E-state index contributed by atoms with van der Waals surface area (Å²) < 4.78 is 0. The van der Waals surface area contributed by atoms with Gasteiger partial charge in [0.1, 0.15) is 0 Å². The van der Waals surface area contributed by atoms with E-state index in [9.17, 15) is 4.79 Å². The number of carbonyl (C=O) groups is 1. The van der Waals surface area contributed by atoms with Crippen LogP contribution in [0.2, 0.25) is 5.02 Å². The fourth-order valence-corrected chi connectivity index (χ4v) is 2.13. The summed E-state index contributed by atoms with van der Waals surface area (Å²) in [5.74, 6) is 5.58. The van der Waals surface area contributed by atoms with Gasteiger partial charge >= 0.3 is 0 Å². The highest BCUT2D eigenvalue weighted by atomic mass is 35.5. The van der Waals surface area contributed by atoms with E-state index >= 15 is 0 Å². The number of halogens is 1. The highest BCUT2D eigenvalue weighted by molar-refractivity contribution is 6.32. The molecule has 0 saturated heterocycles. The van der Waals surface area contributed by atoms with E-state index in [1.54, 1.807) is 30.1 Å². The molecule has 4 heteroatoms. The molecule has 3 nitrogen and oxygen atoms in total. The Bertz CT molecular complexity index is 550. The lowest BCUT2D eigenvalue weighted by Crippen LogP contribution is -2.34. The highest BCUT2D eigenvalue weighted by Crippen LogP contribution is 2.20. The average Bonchev–Trinajstić information content (AvgIpc) is 2.34. The van der Waals surface area contributed by atoms with Gasteiger partial charge in [0.25, 0.3) is 5.91 Å². The molecule has 0 radical (unpaired) electrons. The van der Waals surface area contributed by atoms with E-state index in [1.165, 1.54) is 0 Å². The first-order valence-electron chi connectivity index (χ1n) is 6.48. The second kappa shape index (κ2) is 6.78. The second-order valence-corrected chi connectivity index (χ2v) is 6.33. The minimum Gasteiger partial charge on any atom is -0.341 e. The first-order chi connectivity index (χ1) is 9.24. The Kier molecular flexibility index (Phi) is 5.62. The topological polar surface area (TPSA) is 46.3 Å². The van der Waals surface area contributed by atoms with Crippen LogP contribution in [0.4, 0.5) is 0 Å². The van der Waals surface area contributed by atoms with Gasteiger partial charge in [0.15, 0.2) is 0 Å². The third-order valence-electron chi connectivity index (χ3n) is 2.60. The summed E-state index contributed by atoms with van der Waals surface area (Å²) in [4.78, 5) is 14.0. The number of hydrogen-bond acceptors (Lipinski definition) is 2. The van der Waals surface area contributed by atoms with E-state index in [2.05, 4.69) is 32.6 Å². The van der Waals surface area contributed by atoms with Gasteiger partial charge in [0.2, 0.25) is 0 Å². The summed E-state index contributed by atoms with van der Waals surface area (Å²) in [5, 5.41) is 0.473. The van der Waals surface area contributed by atoms with Crippen molar-refractivity contribution < 1.29 is 4.79 Å². The van der Waals surface area contributed by atoms with E-state index in [-0.39, 0.29) is 17.9 Å². The number of rotatable bonds is 2. The van der Waals surface area contributed by atoms with Crippen LogP contribution < -0.4 is 5.73 Å². The molecule has 2 N–H and O–H groups in total. The second-order valence-electron chi connectivity index (χ2n) is 5.92. The Morgan fingerprint density at radius 1 is 1.40 bits per heavy atom. The monoisotopic (exact) mass is 292 g/mol. The maximum atomic E-state index is 12.3. The third-order valence-corrected chi connectivity index (χ3v) is 2.91. The largest absolute Gasteiger partial charge is 0.341 e. The number of nitrogens with two attached hydrogens (primary N) is 1. The molecular formula is C16H21ClN2O. The van der Waals surface area contributed by atoms with Crippen LogP contribution in [0.15, 0.2) is 18.2 Å². The van der Waals surface area contributed by atoms with E-state index in [1.807, 2.05) is 0 Å². The molecule has 1 amide bonds. The maximum Gasteiger partial charge on any atom is 0.253 e. The van der Waals surface area contributed by atoms with Crippen LogP contribution in [0.5, 0.6) is 0 Å². The minimum atomic E-state index is -0.0415. The van der Waals surface area contributed by atoms with Crippen LogP contribution in [-0.4, -0.2) is 30.9 Å². The summed E-state index contributed by atoms with van der Waals surface area (Å²) in [6.07, 6.45) is 0. The minimum absolute atomic E-state index is 0.0415. The van der Waals surface area contributed by atoms with Crippen molar-refractivity contribution in [3.05, 3.63) is 34.3 Å². The fourth-order valence-electron chi connectivity index (χ4n) is 1.90. The lowest BCUT2D eigenvalue weighted by Gasteiger charge is -2.26. The van der Waals surface area contributed by atoms with Crippen molar-refractivity contribution in [2.24, 2.45) is 11.1 Å². The first kappa shape index (κ1) is 16.6. The van der Waals surface area contributed by atoms with Crippen molar-refractivity contribution in [2.45, 2.75) is 20.8 Å². The summed E-state index contributed by atoms with van der Waals surface area (Å²) in [7, 11) is 1.80. The molecule has 1 aromatic rings. The fraction of sp³-hybridized carbons (Fsp3) is 0.438. The smallest absolute Gasteiger partial charge is 0.253 e. The lowest BCUT2D eigenvalue weighted by atomic mass is 9.96. The van der Waals surface area contributed by atoms with Gasteiger partial charge < -0.3 is 10.6 Å². The lowest BCUT2D eigenvalue weighted by molar-refractivity contribution is 0.0745. The Labute approximate surface area is 126 Å². The summed E-state index contributed by atoms with van der Waals surface area (Å²) in [6.45, 7) is 7.24. The van der Waals surface area contributed by atoms with Crippen LogP contribution in [0.1, 0.15) is 36.7 Å². The molecule has 108 valence electrons. The van der Waals surface area contributed by atoms with Crippen molar-refractivity contribution in [1.29, 1.82) is 0 Å². The van der Waals surface area contributed by atoms with Gasteiger partial charge in [-0.3, -0.25) is 4.79 Å². The predicted octanol–water partition coefficient (Wildman–Crippen LogP) is 2.77. The normalized spacial score (nSPS) is 10.7. The standard InChI is InChI=1S/C16H21ClN2O/c1-16(2,3)11-19(4)15(20)13-8-7-12(6-5-9-18)14(17)10-13/h7-8,10H,9,11,18H2,1-4H3. The van der Waals surface area contributed by atoms with Crippen LogP contribution in [-0.2, 0) is 0 Å². The Morgan fingerprint density at radius 3 is 2.55 bits per heavy atom. The van der Waals surface area contributed by atoms with Crippen molar-refractivity contribution in [2.75, 3.05) is 20.1 Å². The number of amides is 1. The molecule has 0 aromatic heterocycles. The first-order valence-corrected chi connectivity index (χ1v) is 6.86. The van der Waals surface area contributed by atoms with Crippen molar-refractivity contribution in [3.8, 4) is 11.8 Å². The Morgan fingerprint density at radius 2 is 2.05 bits per heavy atom. The molecule has 0 heterocycles. The van der Waals surface area contributed by atoms with E-state index in [0.29, 0.717) is 22.7 Å². The van der Waals surface area contributed by atoms with Gasteiger partial charge in [-0.25, -0.2) is 0 Å². The molecule has 0 fully saturated rings. The summed E-state index contributed by atoms with van der Waals surface area (Å²) in [6, 6.07) is 5.15. The molecule has 0 unspecified atom stereocenters. The van der Waals surface area contributed by atoms with E-state index in [0.717, 1.165) is 0 Å².